The molecule has 0 aliphatic rings. The highest BCUT2D eigenvalue weighted by Gasteiger charge is 2.30. The third-order valence-corrected chi connectivity index (χ3v) is 4.54. The van der Waals surface area contributed by atoms with Gasteiger partial charge in [0.1, 0.15) is 0 Å². The predicted molar refractivity (Wildman–Crippen MR) is 110 cm³/mol. The quantitative estimate of drug-likeness (QED) is 0.560. The summed E-state index contributed by atoms with van der Waals surface area (Å²) in [6.07, 6.45) is 3.71. The largest absolute Gasteiger partial charge is 0.317 e. The molecule has 0 aromatic heterocycles. The van der Waals surface area contributed by atoms with E-state index in [0.717, 1.165) is 5.92 Å². The van der Waals surface area contributed by atoms with Crippen LogP contribution in [0.25, 0.3) is 0 Å². The molecule has 0 amide bonds. The molecule has 0 saturated carbocycles. The third kappa shape index (κ3) is 16.6. The van der Waals surface area contributed by atoms with Crippen LogP contribution < -0.4 is 10.6 Å². The summed E-state index contributed by atoms with van der Waals surface area (Å²) >= 11 is 0. The van der Waals surface area contributed by atoms with Crippen molar-refractivity contribution in [1.29, 1.82) is 0 Å². The summed E-state index contributed by atoms with van der Waals surface area (Å²) < 4.78 is 0. The van der Waals surface area contributed by atoms with Crippen molar-refractivity contribution < 1.29 is 0 Å². The van der Waals surface area contributed by atoms with Gasteiger partial charge in [-0.05, 0) is 50.6 Å². The van der Waals surface area contributed by atoms with E-state index in [1.54, 1.807) is 0 Å². The van der Waals surface area contributed by atoms with Crippen LogP contribution in [-0.2, 0) is 0 Å². The van der Waals surface area contributed by atoms with Gasteiger partial charge in [-0.2, -0.15) is 0 Å². The molecular formula is C21H50N2. The Bertz CT molecular complexity index is 241. The van der Waals surface area contributed by atoms with E-state index in [9.17, 15) is 0 Å². The third-order valence-electron chi connectivity index (χ3n) is 4.54. The predicted octanol–water partition coefficient (Wildman–Crippen LogP) is 6.11. The first kappa shape index (κ1) is 27.8. The van der Waals surface area contributed by atoms with Gasteiger partial charge in [-0.15, -0.1) is 0 Å². The minimum atomic E-state index is 0.326. The van der Waals surface area contributed by atoms with Crippen molar-refractivity contribution in [3.63, 3.8) is 0 Å². The maximum atomic E-state index is 3.50. The van der Waals surface area contributed by atoms with E-state index in [1.807, 2.05) is 13.8 Å². The fourth-order valence-electron chi connectivity index (χ4n) is 2.29. The molecule has 0 aromatic rings. The van der Waals surface area contributed by atoms with E-state index in [1.165, 1.54) is 19.3 Å². The first-order valence-electron chi connectivity index (χ1n) is 9.76. The van der Waals surface area contributed by atoms with Gasteiger partial charge < -0.3 is 10.6 Å². The van der Waals surface area contributed by atoms with Gasteiger partial charge in [-0.25, -0.2) is 0 Å². The molecule has 0 saturated heterocycles. The number of rotatable bonds is 8. The van der Waals surface area contributed by atoms with Crippen LogP contribution in [0.3, 0.4) is 0 Å². The molecule has 23 heavy (non-hydrogen) atoms. The highest BCUT2D eigenvalue weighted by Crippen LogP contribution is 2.33. The van der Waals surface area contributed by atoms with E-state index in [-0.39, 0.29) is 0 Å². The first-order valence-corrected chi connectivity index (χ1v) is 9.76. The molecule has 0 aliphatic carbocycles. The van der Waals surface area contributed by atoms with Crippen molar-refractivity contribution in [2.24, 2.45) is 16.7 Å². The Morgan fingerprint density at radius 1 is 0.783 bits per heavy atom. The van der Waals surface area contributed by atoms with Crippen LogP contribution in [-0.4, -0.2) is 26.2 Å². The highest BCUT2D eigenvalue weighted by molar-refractivity contribution is 4.86. The Morgan fingerprint density at radius 2 is 1.17 bits per heavy atom. The van der Waals surface area contributed by atoms with Crippen molar-refractivity contribution in [3.8, 4) is 0 Å². The van der Waals surface area contributed by atoms with Gasteiger partial charge in [-0.3, -0.25) is 0 Å². The maximum Gasteiger partial charge on any atom is 0.00874 e. The second-order valence-electron chi connectivity index (χ2n) is 8.64. The number of hydrogen-bond acceptors (Lipinski definition) is 2. The lowest BCUT2D eigenvalue weighted by atomic mass is 9.74. The highest BCUT2D eigenvalue weighted by atomic mass is 14.9. The van der Waals surface area contributed by atoms with Crippen LogP contribution in [0, 0.1) is 16.7 Å². The summed E-state index contributed by atoms with van der Waals surface area (Å²) in [6, 6.07) is 1.15. The number of hydrogen-bond donors (Lipinski definition) is 2. The molecule has 0 radical (unpaired) electrons. The van der Waals surface area contributed by atoms with Crippen molar-refractivity contribution in [1.82, 2.24) is 10.6 Å². The fourth-order valence-corrected chi connectivity index (χ4v) is 2.29. The molecule has 2 heteroatoms. The van der Waals surface area contributed by atoms with Crippen LogP contribution >= 0.6 is 0 Å². The molecule has 2 N–H and O–H groups in total. The summed E-state index contributed by atoms with van der Waals surface area (Å²) in [5.41, 5.74) is 0.763. The van der Waals surface area contributed by atoms with Gasteiger partial charge >= 0.3 is 0 Å². The van der Waals surface area contributed by atoms with Crippen LogP contribution in [0.15, 0.2) is 0 Å². The monoisotopic (exact) mass is 330 g/mol. The van der Waals surface area contributed by atoms with Gasteiger partial charge in [0.2, 0.25) is 0 Å². The maximum absolute atomic E-state index is 3.50. The first-order chi connectivity index (χ1) is 10.4. The molecule has 0 heterocycles. The average molecular weight is 331 g/mol. The lowest BCUT2D eigenvalue weighted by molar-refractivity contribution is 0.182. The minimum absolute atomic E-state index is 0.326. The summed E-state index contributed by atoms with van der Waals surface area (Å²) in [7, 11) is 4.15. The van der Waals surface area contributed by atoms with Gasteiger partial charge in [0, 0.05) is 12.1 Å². The second kappa shape index (κ2) is 14.3. The van der Waals surface area contributed by atoms with Crippen molar-refractivity contribution in [3.05, 3.63) is 0 Å². The molecule has 0 aliphatic heterocycles. The molecule has 144 valence electrons. The van der Waals surface area contributed by atoms with E-state index in [4.69, 9.17) is 0 Å². The Balaban J connectivity index is -0.000000574. The molecule has 0 fully saturated rings. The van der Waals surface area contributed by atoms with E-state index in [0.29, 0.717) is 22.9 Å². The summed E-state index contributed by atoms with van der Waals surface area (Å²) in [6.45, 7) is 24.5. The Labute approximate surface area is 149 Å². The lowest BCUT2D eigenvalue weighted by Gasteiger charge is -2.37. The van der Waals surface area contributed by atoms with Gasteiger partial charge in [0.05, 0.1) is 0 Å². The minimum Gasteiger partial charge on any atom is -0.317 e. The zero-order valence-corrected chi connectivity index (χ0v) is 18.9. The second-order valence-corrected chi connectivity index (χ2v) is 8.64. The molecule has 0 spiro atoms. The summed E-state index contributed by atoms with van der Waals surface area (Å²) in [5, 5.41) is 6.88. The molecule has 2 atom stereocenters. The van der Waals surface area contributed by atoms with E-state index >= 15 is 0 Å². The van der Waals surface area contributed by atoms with Gasteiger partial charge in [-0.1, -0.05) is 75.7 Å². The topological polar surface area (TPSA) is 24.1 Å². The zero-order chi connectivity index (χ0) is 19.3. The molecule has 2 unspecified atom stereocenters. The smallest absolute Gasteiger partial charge is 0.00874 e. The van der Waals surface area contributed by atoms with Crippen LogP contribution in [0.1, 0.15) is 95.4 Å². The Kier molecular flexibility index (Phi) is 17.2. The van der Waals surface area contributed by atoms with Crippen molar-refractivity contribution in [2.75, 3.05) is 14.1 Å². The molecule has 2 nitrogen and oxygen atoms in total. The lowest BCUT2D eigenvalue weighted by Crippen LogP contribution is -2.43. The molecule has 0 aromatic carbocycles. The summed E-state index contributed by atoms with van der Waals surface area (Å²) in [5.74, 6) is 0.833. The van der Waals surface area contributed by atoms with Crippen LogP contribution in [0.5, 0.6) is 0 Å². The molecule has 0 bridgehead atoms. The molecule has 0 rings (SSSR count). The van der Waals surface area contributed by atoms with Crippen LogP contribution in [0.2, 0.25) is 0 Å². The van der Waals surface area contributed by atoms with Crippen molar-refractivity contribution in [2.45, 2.75) is 108 Å². The number of nitrogens with one attached hydrogen (secondary N) is 2. The Hall–Kier alpha value is -0.0800. The van der Waals surface area contributed by atoms with Crippen molar-refractivity contribution >= 4 is 0 Å². The SMILES string of the molecule is CC.CC(C)C.CCC(C)(C)CC(CC(C)(C)C(C)NC)NC. The average Bonchev–Trinajstić information content (AvgIpc) is 2.46. The van der Waals surface area contributed by atoms with E-state index in [2.05, 4.69) is 87.0 Å². The Morgan fingerprint density at radius 3 is 1.43 bits per heavy atom. The van der Waals surface area contributed by atoms with Crippen LogP contribution in [0.4, 0.5) is 0 Å². The van der Waals surface area contributed by atoms with E-state index < -0.39 is 0 Å². The summed E-state index contributed by atoms with van der Waals surface area (Å²) in [4.78, 5) is 0. The van der Waals surface area contributed by atoms with Gasteiger partial charge in [0.25, 0.3) is 0 Å². The van der Waals surface area contributed by atoms with Gasteiger partial charge in [0.15, 0.2) is 0 Å². The fraction of sp³-hybridized carbons (Fsp3) is 1.00. The molecular weight excluding hydrogens is 280 g/mol. The zero-order valence-electron chi connectivity index (χ0n) is 18.9. The standard InChI is InChI=1S/C15H34N2.C4H10.C2H6/c1-9-14(3,4)10-13(17-8)11-15(5,6)12(2)16-7;1-4(2)3;1-2/h12-13,16-17H,9-11H2,1-8H3;4H,1-3H3;1-2H3. The normalized spacial score (nSPS) is 14.3.